The molecule has 0 spiro atoms. The summed E-state index contributed by atoms with van der Waals surface area (Å²) in [6, 6.07) is 72.3. The maximum Gasteiger partial charge on any atom is 0.143 e. The molecule has 0 aliphatic carbocycles. The lowest BCUT2D eigenvalue weighted by atomic mass is 9.94. The van der Waals surface area contributed by atoms with Gasteiger partial charge in [-0.3, -0.25) is 0 Å². The van der Waals surface area contributed by atoms with Crippen LogP contribution >= 0.6 is 0 Å². The van der Waals surface area contributed by atoms with Gasteiger partial charge in [0.25, 0.3) is 0 Å². The maximum atomic E-state index is 6.52. The molecule has 0 atom stereocenters. The summed E-state index contributed by atoms with van der Waals surface area (Å²) in [7, 11) is 0. The summed E-state index contributed by atoms with van der Waals surface area (Å²) in [6.45, 7) is 0. The molecule has 0 N–H and O–H groups in total. The van der Waals surface area contributed by atoms with E-state index in [2.05, 4.69) is 205 Å². The standard InChI is InChI=1S/C52H33NO/c1-2-9-34(10-3-1)40-13-8-14-43(31-40)53(44-28-30-50-49(33-44)47-29-25-37-12-5-7-16-46(37)52(47)54-50)42-26-23-35(24-27-42)41-22-19-38-18-21-39-20-17-36-11-4-6-15-45(36)51(39)48(38)32-41/h1-33H. The van der Waals surface area contributed by atoms with E-state index in [0.29, 0.717) is 0 Å². The van der Waals surface area contributed by atoms with Crippen molar-refractivity contribution in [2.45, 2.75) is 0 Å². The molecule has 11 aromatic rings. The fourth-order valence-electron chi connectivity index (χ4n) is 8.34. The van der Waals surface area contributed by atoms with E-state index in [1.165, 1.54) is 60.0 Å². The fourth-order valence-corrected chi connectivity index (χ4v) is 8.34. The highest BCUT2D eigenvalue weighted by molar-refractivity contribution is 6.21. The summed E-state index contributed by atoms with van der Waals surface area (Å²) in [5.74, 6) is 0. The van der Waals surface area contributed by atoms with Gasteiger partial charge in [-0.1, -0.05) is 146 Å². The number of benzene rings is 10. The lowest BCUT2D eigenvalue weighted by Gasteiger charge is -2.26. The van der Waals surface area contributed by atoms with E-state index in [4.69, 9.17) is 4.42 Å². The van der Waals surface area contributed by atoms with Crippen molar-refractivity contribution in [3.05, 3.63) is 200 Å². The van der Waals surface area contributed by atoms with Crippen molar-refractivity contribution in [1.29, 1.82) is 0 Å². The Hall–Kier alpha value is -7.16. The predicted octanol–water partition coefficient (Wildman–Crippen LogP) is 15.0. The average molecular weight is 688 g/mol. The molecule has 0 aliphatic rings. The molecule has 1 aromatic heterocycles. The minimum atomic E-state index is 0.884. The van der Waals surface area contributed by atoms with Crippen molar-refractivity contribution in [2.75, 3.05) is 4.90 Å². The van der Waals surface area contributed by atoms with Crippen molar-refractivity contribution in [1.82, 2.24) is 0 Å². The van der Waals surface area contributed by atoms with E-state index in [0.717, 1.165) is 44.4 Å². The highest BCUT2D eigenvalue weighted by Crippen LogP contribution is 2.42. The summed E-state index contributed by atoms with van der Waals surface area (Å²) in [5, 5.41) is 12.2. The average Bonchev–Trinajstić information content (AvgIpc) is 3.63. The van der Waals surface area contributed by atoms with Crippen molar-refractivity contribution in [2.24, 2.45) is 0 Å². The molecule has 54 heavy (non-hydrogen) atoms. The van der Waals surface area contributed by atoms with Gasteiger partial charge in [-0.15, -0.1) is 0 Å². The lowest BCUT2D eigenvalue weighted by molar-refractivity contribution is 0.672. The van der Waals surface area contributed by atoms with E-state index >= 15 is 0 Å². The third-order valence-electron chi connectivity index (χ3n) is 11.0. The molecule has 0 aliphatic heterocycles. The van der Waals surface area contributed by atoms with Gasteiger partial charge in [0.05, 0.1) is 0 Å². The van der Waals surface area contributed by atoms with Gasteiger partial charge < -0.3 is 9.32 Å². The SMILES string of the molecule is c1ccc(-c2cccc(N(c3ccc(-c4ccc5ccc6ccc7ccccc7c6c5c4)cc3)c3ccc4oc5c6ccccc6ccc5c4c3)c2)cc1. The number of anilines is 3. The highest BCUT2D eigenvalue weighted by atomic mass is 16.3. The van der Waals surface area contributed by atoms with E-state index in [9.17, 15) is 0 Å². The first-order valence-corrected chi connectivity index (χ1v) is 18.5. The first-order chi connectivity index (χ1) is 26.7. The van der Waals surface area contributed by atoms with Crippen molar-refractivity contribution >= 4 is 82.1 Å². The third kappa shape index (κ3) is 4.96. The highest BCUT2D eigenvalue weighted by Gasteiger charge is 2.18. The second-order valence-electron chi connectivity index (χ2n) is 14.1. The minimum Gasteiger partial charge on any atom is -0.455 e. The van der Waals surface area contributed by atoms with Gasteiger partial charge in [0.15, 0.2) is 0 Å². The van der Waals surface area contributed by atoms with Gasteiger partial charge in [0, 0.05) is 33.2 Å². The van der Waals surface area contributed by atoms with Crippen LogP contribution in [-0.2, 0) is 0 Å². The number of rotatable bonds is 5. The van der Waals surface area contributed by atoms with Crippen LogP contribution in [0.5, 0.6) is 0 Å². The van der Waals surface area contributed by atoms with Gasteiger partial charge in [-0.05, 0) is 115 Å². The Kier molecular flexibility index (Phi) is 6.90. The Morgan fingerprint density at radius 1 is 0.296 bits per heavy atom. The Morgan fingerprint density at radius 2 is 0.870 bits per heavy atom. The predicted molar refractivity (Wildman–Crippen MR) is 229 cm³/mol. The topological polar surface area (TPSA) is 16.4 Å². The Bertz CT molecular complexity index is 3210. The van der Waals surface area contributed by atoms with Crippen LogP contribution in [0, 0.1) is 0 Å². The smallest absolute Gasteiger partial charge is 0.143 e. The number of nitrogens with zero attached hydrogens (tertiary/aromatic N) is 1. The third-order valence-corrected chi connectivity index (χ3v) is 11.0. The molecular weight excluding hydrogens is 655 g/mol. The quantitative estimate of drug-likeness (QED) is 0.168. The van der Waals surface area contributed by atoms with Crippen LogP contribution in [0.25, 0.3) is 87.3 Å². The van der Waals surface area contributed by atoms with Gasteiger partial charge in [-0.25, -0.2) is 0 Å². The van der Waals surface area contributed by atoms with Crippen LogP contribution in [0.4, 0.5) is 17.1 Å². The normalized spacial score (nSPS) is 11.7. The molecule has 0 radical (unpaired) electrons. The molecule has 2 heteroatoms. The molecule has 0 saturated carbocycles. The molecule has 11 rings (SSSR count). The molecule has 0 fully saturated rings. The van der Waals surface area contributed by atoms with Gasteiger partial charge in [0.1, 0.15) is 11.2 Å². The molecule has 0 amide bonds. The Labute approximate surface area is 312 Å². The first kappa shape index (κ1) is 30.5. The van der Waals surface area contributed by atoms with Crippen molar-refractivity contribution in [3.63, 3.8) is 0 Å². The summed E-state index contributed by atoms with van der Waals surface area (Å²) in [5.41, 5.74) is 9.80. The van der Waals surface area contributed by atoms with Gasteiger partial charge >= 0.3 is 0 Å². The second kappa shape index (κ2) is 12.2. The van der Waals surface area contributed by atoms with Crippen LogP contribution in [0.15, 0.2) is 205 Å². The number of furan rings is 1. The van der Waals surface area contributed by atoms with Gasteiger partial charge in [-0.2, -0.15) is 0 Å². The zero-order chi connectivity index (χ0) is 35.6. The molecular formula is C52H33NO. The molecule has 252 valence electrons. The Morgan fingerprint density at radius 3 is 1.70 bits per heavy atom. The molecule has 1 heterocycles. The van der Waals surface area contributed by atoms with Crippen LogP contribution in [0.1, 0.15) is 0 Å². The van der Waals surface area contributed by atoms with E-state index in [-0.39, 0.29) is 0 Å². The zero-order valence-electron chi connectivity index (χ0n) is 29.4. The Balaban J connectivity index is 1.06. The lowest BCUT2D eigenvalue weighted by Crippen LogP contribution is -2.10. The first-order valence-electron chi connectivity index (χ1n) is 18.5. The number of hydrogen-bond acceptors (Lipinski definition) is 2. The number of fused-ring (bicyclic) bond motifs is 10. The molecule has 10 aromatic carbocycles. The fraction of sp³-hybridized carbons (Fsp3) is 0. The second-order valence-corrected chi connectivity index (χ2v) is 14.1. The van der Waals surface area contributed by atoms with Gasteiger partial charge in [0.2, 0.25) is 0 Å². The van der Waals surface area contributed by atoms with E-state index in [1.54, 1.807) is 0 Å². The summed E-state index contributed by atoms with van der Waals surface area (Å²) >= 11 is 0. The zero-order valence-corrected chi connectivity index (χ0v) is 29.4. The van der Waals surface area contributed by atoms with Crippen LogP contribution in [0.3, 0.4) is 0 Å². The maximum absolute atomic E-state index is 6.52. The van der Waals surface area contributed by atoms with Crippen LogP contribution in [-0.4, -0.2) is 0 Å². The molecule has 0 saturated heterocycles. The van der Waals surface area contributed by atoms with Crippen LogP contribution in [0.2, 0.25) is 0 Å². The van der Waals surface area contributed by atoms with Crippen molar-refractivity contribution in [3.8, 4) is 22.3 Å². The largest absolute Gasteiger partial charge is 0.455 e. The monoisotopic (exact) mass is 687 g/mol. The minimum absolute atomic E-state index is 0.884. The summed E-state index contributed by atoms with van der Waals surface area (Å²) in [6.07, 6.45) is 0. The molecule has 0 bridgehead atoms. The molecule has 0 unspecified atom stereocenters. The molecule has 2 nitrogen and oxygen atoms in total. The number of hydrogen-bond donors (Lipinski definition) is 0. The van der Waals surface area contributed by atoms with E-state index in [1.807, 2.05) is 0 Å². The summed E-state index contributed by atoms with van der Waals surface area (Å²) < 4.78 is 6.52. The summed E-state index contributed by atoms with van der Waals surface area (Å²) in [4.78, 5) is 2.36. The van der Waals surface area contributed by atoms with Crippen LogP contribution < -0.4 is 4.90 Å². The van der Waals surface area contributed by atoms with Crippen molar-refractivity contribution < 1.29 is 4.42 Å². The van der Waals surface area contributed by atoms with E-state index < -0.39 is 0 Å².